The van der Waals surface area contributed by atoms with Crippen LogP contribution in [0.4, 0.5) is 4.79 Å². The van der Waals surface area contributed by atoms with Gasteiger partial charge in [0.1, 0.15) is 20.4 Å². The van der Waals surface area contributed by atoms with Crippen LogP contribution in [0.2, 0.25) is 0 Å². The van der Waals surface area contributed by atoms with Gasteiger partial charge in [0.25, 0.3) is 0 Å². The fourth-order valence-electron chi connectivity index (χ4n) is 5.22. The summed E-state index contributed by atoms with van der Waals surface area (Å²) in [4.78, 5) is 99.0. The predicted octanol–water partition coefficient (Wildman–Crippen LogP) is 3.06. The van der Waals surface area contributed by atoms with Crippen LogP contribution in [0.5, 0.6) is 0 Å². The summed E-state index contributed by atoms with van der Waals surface area (Å²) >= 11 is 0. The third-order valence-corrected chi connectivity index (χ3v) is 7.62. The van der Waals surface area contributed by atoms with E-state index >= 15 is 0 Å². The number of aliphatic carboxylic acids is 4. The number of hydrogen-bond acceptors (Lipinski definition) is 11. The van der Waals surface area contributed by atoms with Crippen LogP contribution in [0.15, 0.2) is 24.4 Å². The van der Waals surface area contributed by atoms with Crippen LogP contribution in [-0.4, -0.2) is 118 Å². The molecule has 0 aromatic carbocycles. The predicted molar refractivity (Wildman–Crippen MR) is 198 cm³/mol. The number of aromatic nitrogens is 1. The van der Waals surface area contributed by atoms with E-state index in [1.165, 1.54) is 0 Å². The SMILES string of the molecule is C=O.C=O.C=O.O=C(O)CC[C@@H](CC(=O)O)NC(=O)N[C@@H](CCCCNC(=O)CCCCCCCCCCN(CC(=O)O)Cc1ccccn1)CC(=O)O.[Re]. The number of nitrogens with zero attached hydrogens (tertiary/aromatic N) is 2. The number of carbonyl (C=O) groups is 9. The first-order chi connectivity index (χ1) is 25.9. The average Bonchev–Trinajstić information content (AvgIpc) is 3.13. The maximum absolute atomic E-state index is 12.3. The van der Waals surface area contributed by atoms with Crippen molar-refractivity contribution >= 4 is 56.2 Å². The van der Waals surface area contributed by atoms with Crippen molar-refractivity contribution in [3.63, 3.8) is 0 Å². The summed E-state index contributed by atoms with van der Waals surface area (Å²) in [5, 5.41) is 44.0. The van der Waals surface area contributed by atoms with Crippen molar-refractivity contribution in [1.29, 1.82) is 0 Å². The summed E-state index contributed by atoms with van der Waals surface area (Å²) in [5.74, 6) is -4.33. The van der Waals surface area contributed by atoms with Crippen LogP contribution in [0, 0.1) is 0 Å². The maximum Gasteiger partial charge on any atom is 0.317 e. The third-order valence-electron chi connectivity index (χ3n) is 7.62. The smallest absolute Gasteiger partial charge is 0.317 e. The number of amides is 3. The Balaban J connectivity index is -0.00000176. The van der Waals surface area contributed by atoms with Crippen LogP contribution in [0.1, 0.15) is 108 Å². The Hall–Kier alpha value is -4.60. The Morgan fingerprint density at radius 1 is 0.636 bits per heavy atom. The van der Waals surface area contributed by atoms with Gasteiger partial charge in [0.05, 0.1) is 25.1 Å². The van der Waals surface area contributed by atoms with Gasteiger partial charge in [-0.05, 0) is 57.2 Å². The normalized spacial score (nSPS) is 10.9. The quantitative estimate of drug-likeness (QED) is 0.0568. The molecule has 0 fully saturated rings. The molecule has 313 valence electrons. The summed E-state index contributed by atoms with van der Waals surface area (Å²) in [6.45, 7) is 7.65. The van der Waals surface area contributed by atoms with Crippen molar-refractivity contribution in [3.8, 4) is 0 Å². The minimum atomic E-state index is -1.20. The minimum absolute atomic E-state index is 0. The van der Waals surface area contributed by atoms with E-state index in [-0.39, 0.29) is 52.1 Å². The van der Waals surface area contributed by atoms with E-state index in [1.807, 2.05) is 43.5 Å². The zero-order valence-electron chi connectivity index (χ0n) is 31.5. The van der Waals surface area contributed by atoms with Gasteiger partial charge in [-0.25, -0.2) is 4.79 Å². The molecule has 55 heavy (non-hydrogen) atoms. The third kappa shape index (κ3) is 38.9. The largest absolute Gasteiger partial charge is 0.481 e. The number of pyridine rings is 1. The van der Waals surface area contributed by atoms with E-state index in [9.17, 15) is 39.0 Å². The Kier molecular flexibility index (Phi) is 42.2. The molecule has 7 N–H and O–H groups in total. The van der Waals surface area contributed by atoms with Gasteiger partial charge in [-0.2, -0.15) is 0 Å². The number of rotatable bonds is 29. The van der Waals surface area contributed by atoms with Crippen molar-refractivity contribution in [2.45, 2.75) is 121 Å². The van der Waals surface area contributed by atoms with E-state index < -0.39 is 48.4 Å². The van der Waals surface area contributed by atoms with E-state index in [2.05, 4.69) is 20.9 Å². The summed E-state index contributed by atoms with van der Waals surface area (Å²) in [5.41, 5.74) is 0.857. The van der Waals surface area contributed by atoms with Crippen LogP contribution < -0.4 is 16.0 Å². The topological polar surface area (TPSA) is 287 Å². The molecule has 0 unspecified atom stereocenters. The molecule has 0 bridgehead atoms. The fraction of sp³-hybridized carbons (Fsp3) is 0.611. The van der Waals surface area contributed by atoms with Crippen molar-refractivity contribution in [2.24, 2.45) is 0 Å². The summed E-state index contributed by atoms with van der Waals surface area (Å²) in [7, 11) is 0. The molecule has 18 nitrogen and oxygen atoms in total. The zero-order valence-corrected chi connectivity index (χ0v) is 34.2. The minimum Gasteiger partial charge on any atom is -0.481 e. The molecule has 0 saturated carbocycles. The van der Waals surface area contributed by atoms with Crippen LogP contribution >= 0.6 is 0 Å². The molecule has 0 aliphatic rings. The first-order valence-electron chi connectivity index (χ1n) is 17.6. The number of carboxylic acids is 4. The van der Waals surface area contributed by atoms with E-state index in [4.69, 9.17) is 24.6 Å². The van der Waals surface area contributed by atoms with Gasteiger partial charge >= 0.3 is 29.9 Å². The second-order valence-corrected chi connectivity index (χ2v) is 12.0. The van der Waals surface area contributed by atoms with Gasteiger partial charge in [0.15, 0.2) is 0 Å². The second kappa shape index (κ2) is 40.6. The Labute approximate surface area is 336 Å². The summed E-state index contributed by atoms with van der Waals surface area (Å²) in [6, 6.07) is 3.23. The molecule has 1 rings (SSSR count). The van der Waals surface area contributed by atoms with Gasteiger partial charge in [-0.3, -0.25) is 33.9 Å². The molecule has 0 spiro atoms. The molecular weight excluding hydrogens is 897 g/mol. The molecule has 1 radical (unpaired) electrons. The molecule has 2 atom stereocenters. The molecule has 19 heteroatoms. The maximum atomic E-state index is 12.3. The summed E-state index contributed by atoms with van der Waals surface area (Å²) in [6.07, 6.45) is 10.4. The average molecular weight is 956 g/mol. The number of unbranched alkanes of at least 4 members (excludes halogenated alkanes) is 8. The Morgan fingerprint density at radius 3 is 1.65 bits per heavy atom. The van der Waals surface area contributed by atoms with Crippen molar-refractivity contribution in [3.05, 3.63) is 30.1 Å². The van der Waals surface area contributed by atoms with Crippen molar-refractivity contribution in [2.75, 3.05) is 19.6 Å². The Bertz CT molecular complexity index is 1180. The van der Waals surface area contributed by atoms with E-state index in [1.54, 1.807) is 6.20 Å². The van der Waals surface area contributed by atoms with Gasteiger partial charge in [0.2, 0.25) is 5.91 Å². The monoisotopic (exact) mass is 956 g/mol. The number of carbonyl (C=O) groups excluding carboxylic acids is 5. The van der Waals surface area contributed by atoms with Gasteiger partial charge in [0, 0.05) is 64.6 Å². The molecule has 1 aromatic heterocycles. The zero-order chi connectivity index (χ0) is 41.6. The van der Waals surface area contributed by atoms with E-state index in [0.717, 1.165) is 57.1 Å². The number of carboxylic acid groups (broad SMARTS) is 4. The van der Waals surface area contributed by atoms with Crippen LogP contribution in [0.25, 0.3) is 0 Å². The van der Waals surface area contributed by atoms with Crippen molar-refractivity contribution < 1.29 is 84.0 Å². The van der Waals surface area contributed by atoms with Gasteiger partial charge in [-0.15, -0.1) is 0 Å². The van der Waals surface area contributed by atoms with Crippen molar-refractivity contribution in [1.82, 2.24) is 25.8 Å². The number of hydrogen-bond donors (Lipinski definition) is 7. The summed E-state index contributed by atoms with van der Waals surface area (Å²) < 4.78 is 0. The first kappa shape index (κ1) is 57.1. The second-order valence-electron chi connectivity index (χ2n) is 12.0. The molecule has 0 saturated heterocycles. The number of nitrogens with one attached hydrogen (secondary N) is 3. The number of urea groups is 1. The van der Waals surface area contributed by atoms with Gasteiger partial charge < -0.3 is 50.8 Å². The fourth-order valence-corrected chi connectivity index (χ4v) is 5.22. The standard InChI is InChI=1S/C33H53N5O10.3CH2O.Re/c39-28(15-7-5-3-1-2-4-6-12-20-38(24-32(46)47)23-27-14-9-10-18-34-27)35-19-11-8-13-25(21-30(42)43)36-33(48)37-26(22-31(44)45)16-17-29(40)41;3*1-2;/h9-10,14,18,25-26H,1-8,11-13,15-17,19-24H2,(H,35,39)(H,40,41)(H,42,43)(H,44,45)(H,46,47)(H2,36,37,48);3*1H2;/t25-,26-;;;;/m0..../s1. The molecule has 1 heterocycles. The molecule has 0 aliphatic carbocycles. The Morgan fingerprint density at radius 2 is 1.16 bits per heavy atom. The molecule has 0 aliphatic heterocycles. The first-order valence-corrected chi connectivity index (χ1v) is 17.6. The van der Waals surface area contributed by atoms with E-state index in [0.29, 0.717) is 45.3 Å². The van der Waals surface area contributed by atoms with Crippen LogP contribution in [-0.2, 0) is 65.3 Å². The molecule has 1 aromatic rings. The van der Waals surface area contributed by atoms with Gasteiger partial charge in [-0.1, -0.05) is 44.6 Å². The molecule has 3 amide bonds. The van der Waals surface area contributed by atoms with Crippen LogP contribution in [0.3, 0.4) is 0 Å². The molecular formula is C36H59N5O13Re.